The average molecular weight is 216 g/mol. The monoisotopic (exact) mass is 216 g/mol. The van der Waals surface area contributed by atoms with Crippen LogP contribution in [0.25, 0.3) is 0 Å². The molecule has 0 amide bonds. The summed E-state index contributed by atoms with van der Waals surface area (Å²) < 4.78 is 5.50. The first-order valence-corrected chi connectivity index (χ1v) is 5.90. The molecule has 1 atom stereocenters. The van der Waals surface area contributed by atoms with Gasteiger partial charge in [-0.25, -0.2) is 0 Å². The van der Waals surface area contributed by atoms with E-state index in [-0.39, 0.29) is 5.41 Å². The van der Waals surface area contributed by atoms with Gasteiger partial charge in [0.05, 0.1) is 7.11 Å². The van der Waals surface area contributed by atoms with Crippen molar-refractivity contribution in [3.63, 3.8) is 0 Å². The number of ether oxygens (including phenoxy) is 1. The van der Waals surface area contributed by atoms with Crippen molar-refractivity contribution in [2.45, 2.75) is 39.0 Å². The third-order valence-electron chi connectivity index (χ3n) is 3.91. The maximum atomic E-state index is 5.50. The number of aryl methyl sites for hydroxylation is 1. The van der Waals surface area contributed by atoms with Crippen LogP contribution in [0, 0.1) is 6.92 Å². The van der Waals surface area contributed by atoms with Crippen LogP contribution in [0.4, 0.5) is 0 Å². The first-order valence-electron chi connectivity index (χ1n) is 5.90. The molecule has 16 heavy (non-hydrogen) atoms. The van der Waals surface area contributed by atoms with Gasteiger partial charge in [-0.3, -0.25) is 0 Å². The number of rotatable bonds is 2. The van der Waals surface area contributed by atoms with Crippen LogP contribution in [-0.4, -0.2) is 7.11 Å². The van der Waals surface area contributed by atoms with E-state index in [2.05, 4.69) is 45.0 Å². The van der Waals surface area contributed by atoms with Crippen molar-refractivity contribution in [2.75, 3.05) is 7.11 Å². The second kappa shape index (κ2) is 3.97. The lowest BCUT2D eigenvalue weighted by Gasteiger charge is -2.29. The summed E-state index contributed by atoms with van der Waals surface area (Å²) in [7, 11) is 1.76. The molecule has 0 bridgehead atoms. The van der Waals surface area contributed by atoms with Crippen molar-refractivity contribution in [1.82, 2.24) is 0 Å². The molecule has 0 aliphatic heterocycles. The number of allylic oxidation sites excluding steroid dienone is 2. The van der Waals surface area contributed by atoms with Gasteiger partial charge in [0.2, 0.25) is 0 Å². The first kappa shape index (κ1) is 11.3. The van der Waals surface area contributed by atoms with Gasteiger partial charge in [-0.1, -0.05) is 36.3 Å². The Balaban J connectivity index is 2.54. The van der Waals surface area contributed by atoms with Gasteiger partial charge < -0.3 is 4.74 Å². The van der Waals surface area contributed by atoms with Gasteiger partial charge in [-0.05, 0) is 32.8 Å². The molecule has 0 saturated heterocycles. The molecule has 0 N–H and O–H groups in total. The molecule has 0 saturated carbocycles. The summed E-state index contributed by atoms with van der Waals surface area (Å²) in [4.78, 5) is 0. The molecule has 1 aromatic carbocycles. The minimum absolute atomic E-state index is 0.164. The summed E-state index contributed by atoms with van der Waals surface area (Å²) in [6, 6.07) is 6.46. The lowest BCUT2D eigenvalue weighted by Crippen LogP contribution is -2.21. The van der Waals surface area contributed by atoms with Crippen molar-refractivity contribution in [1.29, 1.82) is 0 Å². The fourth-order valence-electron chi connectivity index (χ4n) is 2.60. The Morgan fingerprint density at radius 1 is 1.25 bits per heavy atom. The summed E-state index contributed by atoms with van der Waals surface area (Å²) in [5.41, 5.74) is 4.27. The van der Waals surface area contributed by atoms with Gasteiger partial charge in [0, 0.05) is 11.0 Å². The highest BCUT2D eigenvalue weighted by molar-refractivity contribution is 5.48. The van der Waals surface area contributed by atoms with E-state index < -0.39 is 0 Å². The van der Waals surface area contributed by atoms with E-state index in [1.165, 1.54) is 29.5 Å². The smallest absolute Gasteiger partial charge is 0.122 e. The zero-order chi connectivity index (χ0) is 11.8. The molecule has 2 rings (SSSR count). The summed E-state index contributed by atoms with van der Waals surface area (Å²) in [6.45, 7) is 6.69. The van der Waals surface area contributed by atoms with Crippen molar-refractivity contribution in [3.8, 4) is 5.75 Å². The number of methoxy groups -OCH3 is 1. The molecule has 0 spiro atoms. The Labute approximate surface area is 98.1 Å². The second-order valence-corrected chi connectivity index (χ2v) is 4.96. The van der Waals surface area contributed by atoms with E-state index in [0.717, 1.165) is 5.75 Å². The van der Waals surface area contributed by atoms with Gasteiger partial charge in [0.1, 0.15) is 5.75 Å². The van der Waals surface area contributed by atoms with Crippen molar-refractivity contribution >= 4 is 0 Å². The molecule has 0 aromatic heterocycles. The van der Waals surface area contributed by atoms with Crippen molar-refractivity contribution in [3.05, 3.63) is 41.0 Å². The second-order valence-electron chi connectivity index (χ2n) is 4.96. The molecule has 86 valence electrons. The Hall–Kier alpha value is -1.24. The zero-order valence-electron chi connectivity index (χ0n) is 10.6. The Morgan fingerprint density at radius 2 is 2.00 bits per heavy atom. The fourth-order valence-corrected chi connectivity index (χ4v) is 2.60. The van der Waals surface area contributed by atoms with E-state index in [4.69, 9.17) is 4.74 Å². The highest BCUT2D eigenvalue weighted by Crippen LogP contribution is 2.45. The molecule has 1 aromatic rings. The summed E-state index contributed by atoms with van der Waals surface area (Å²) in [6.07, 6.45) is 4.72. The SMILES string of the molecule is COc1ccc(C)cc1[C@@]1(C)CCC=C1C. The first-order chi connectivity index (χ1) is 7.58. The topological polar surface area (TPSA) is 9.23 Å². The van der Waals surface area contributed by atoms with Crippen LogP contribution in [0.2, 0.25) is 0 Å². The summed E-state index contributed by atoms with van der Waals surface area (Å²) in [5, 5.41) is 0. The van der Waals surface area contributed by atoms with Crippen molar-refractivity contribution in [2.24, 2.45) is 0 Å². The molecule has 0 unspecified atom stereocenters. The highest BCUT2D eigenvalue weighted by atomic mass is 16.5. The van der Waals surface area contributed by atoms with Crippen LogP contribution >= 0.6 is 0 Å². The Kier molecular flexibility index (Phi) is 2.79. The van der Waals surface area contributed by atoms with Gasteiger partial charge in [0.15, 0.2) is 0 Å². The Morgan fingerprint density at radius 3 is 2.56 bits per heavy atom. The standard InChI is InChI=1S/C15H20O/c1-11-7-8-14(16-4)13(10-11)15(3)9-5-6-12(15)2/h6-8,10H,5,9H2,1-4H3/t15-/m0/s1. The minimum Gasteiger partial charge on any atom is -0.496 e. The molecule has 1 heteroatoms. The summed E-state index contributed by atoms with van der Waals surface area (Å²) >= 11 is 0. The number of benzene rings is 1. The maximum absolute atomic E-state index is 5.50. The van der Waals surface area contributed by atoms with Crippen LogP contribution in [0.3, 0.4) is 0 Å². The van der Waals surface area contributed by atoms with Crippen LogP contribution in [0.5, 0.6) is 5.75 Å². The van der Waals surface area contributed by atoms with E-state index in [0.29, 0.717) is 0 Å². The van der Waals surface area contributed by atoms with Gasteiger partial charge in [-0.2, -0.15) is 0 Å². The van der Waals surface area contributed by atoms with Gasteiger partial charge >= 0.3 is 0 Å². The molecule has 1 nitrogen and oxygen atoms in total. The third kappa shape index (κ3) is 1.64. The number of hydrogen-bond donors (Lipinski definition) is 0. The van der Waals surface area contributed by atoms with Crippen molar-refractivity contribution < 1.29 is 4.74 Å². The van der Waals surface area contributed by atoms with Crippen LogP contribution in [0.15, 0.2) is 29.8 Å². The third-order valence-corrected chi connectivity index (χ3v) is 3.91. The Bertz CT molecular complexity index is 431. The molecular formula is C15H20O. The van der Waals surface area contributed by atoms with Gasteiger partial charge in [-0.15, -0.1) is 0 Å². The largest absolute Gasteiger partial charge is 0.496 e. The van der Waals surface area contributed by atoms with Crippen LogP contribution in [0.1, 0.15) is 37.8 Å². The predicted octanol–water partition coefficient (Wildman–Crippen LogP) is 4.00. The lowest BCUT2D eigenvalue weighted by atomic mass is 9.76. The minimum atomic E-state index is 0.164. The highest BCUT2D eigenvalue weighted by Gasteiger charge is 2.34. The molecule has 0 radical (unpaired) electrons. The average Bonchev–Trinajstić information content (AvgIpc) is 2.60. The maximum Gasteiger partial charge on any atom is 0.122 e. The quantitative estimate of drug-likeness (QED) is 0.679. The normalized spacial score (nSPS) is 24.4. The molecule has 0 fully saturated rings. The predicted molar refractivity (Wildman–Crippen MR) is 68.1 cm³/mol. The molecular weight excluding hydrogens is 196 g/mol. The number of hydrogen-bond acceptors (Lipinski definition) is 1. The van der Waals surface area contributed by atoms with Crippen LogP contribution < -0.4 is 4.74 Å². The van der Waals surface area contributed by atoms with E-state index in [1.807, 2.05) is 0 Å². The van der Waals surface area contributed by atoms with Gasteiger partial charge in [0.25, 0.3) is 0 Å². The van der Waals surface area contributed by atoms with E-state index in [1.54, 1.807) is 7.11 Å². The summed E-state index contributed by atoms with van der Waals surface area (Å²) in [5.74, 6) is 1.02. The van der Waals surface area contributed by atoms with Crippen LogP contribution in [-0.2, 0) is 5.41 Å². The molecule has 0 heterocycles. The van der Waals surface area contributed by atoms with E-state index >= 15 is 0 Å². The zero-order valence-corrected chi connectivity index (χ0v) is 10.6. The molecule has 1 aliphatic rings. The van der Waals surface area contributed by atoms with E-state index in [9.17, 15) is 0 Å². The lowest BCUT2D eigenvalue weighted by molar-refractivity contribution is 0.395. The molecule has 1 aliphatic carbocycles. The fraction of sp³-hybridized carbons (Fsp3) is 0.467.